The average molecular weight is 429 g/mol. The summed E-state index contributed by atoms with van der Waals surface area (Å²) in [6.07, 6.45) is 13.2. The molecule has 0 aliphatic heterocycles. The smallest absolute Gasteiger partial charge is 0.136 e. The molecule has 4 rings (SSSR count). The number of allylic oxidation sites excluding steroid dienone is 1. The first-order valence-electron chi connectivity index (χ1n) is 13.5. The second kappa shape index (κ2) is 8.53. The van der Waals surface area contributed by atoms with E-state index in [0.717, 1.165) is 43.4 Å². The van der Waals surface area contributed by atoms with Crippen LogP contribution in [0.5, 0.6) is 0 Å². The molecule has 1 N–H and O–H groups in total. The minimum atomic E-state index is -0.0770. The van der Waals surface area contributed by atoms with E-state index in [0.29, 0.717) is 34.7 Å². The maximum atomic E-state index is 13.5. The minimum absolute atomic E-state index is 0.0770. The summed E-state index contributed by atoms with van der Waals surface area (Å²) >= 11 is 0. The van der Waals surface area contributed by atoms with Crippen molar-refractivity contribution in [3.8, 4) is 0 Å². The SMILES string of the molecule is C=C(O)C1CCCC2C(=O)C[C@@H]3[C@H](CC[C@]4(C)[C@@H]([C@H](C)CCCC(C)C)CC[C@@H]34)[C@@]12C. The summed E-state index contributed by atoms with van der Waals surface area (Å²) in [4.78, 5) is 13.5. The maximum absolute atomic E-state index is 13.5. The number of fused-ring (bicyclic) bond motifs is 5. The number of carbonyl (C=O) groups is 1. The lowest BCUT2D eigenvalue weighted by Gasteiger charge is -2.62. The summed E-state index contributed by atoms with van der Waals surface area (Å²) in [5.74, 6) is 5.34. The molecule has 0 saturated heterocycles. The van der Waals surface area contributed by atoms with E-state index in [1.807, 2.05) is 0 Å². The largest absolute Gasteiger partial charge is 0.513 e. The number of carbonyl (C=O) groups excluding carboxylic acids is 1. The Morgan fingerprint density at radius 1 is 1.06 bits per heavy atom. The number of hydrogen-bond acceptors (Lipinski definition) is 2. The highest BCUT2D eigenvalue weighted by molar-refractivity contribution is 5.83. The second-order valence-electron chi connectivity index (χ2n) is 13.0. The minimum Gasteiger partial charge on any atom is -0.513 e. The van der Waals surface area contributed by atoms with Crippen molar-refractivity contribution in [2.24, 2.45) is 58.2 Å². The molecule has 0 heterocycles. The van der Waals surface area contributed by atoms with E-state index in [9.17, 15) is 9.90 Å². The van der Waals surface area contributed by atoms with Crippen molar-refractivity contribution in [2.75, 3.05) is 0 Å². The maximum Gasteiger partial charge on any atom is 0.136 e. The standard InChI is InChI=1S/C29H48O2/c1-18(2)9-7-10-19(3)22-13-14-24-21-17-27(31)26-12-8-11-23(20(4)30)29(26,6)25(21)15-16-28(22,24)5/h18-19,21-26,30H,4,7-17H2,1-3,5-6H3/t19-,21+,22-,23?,24+,25+,26?,28-,29-/m1/s1. The summed E-state index contributed by atoms with van der Waals surface area (Å²) in [5.41, 5.74) is 0.328. The van der Waals surface area contributed by atoms with Crippen LogP contribution in [0.1, 0.15) is 105 Å². The van der Waals surface area contributed by atoms with Gasteiger partial charge in [-0.25, -0.2) is 0 Å². The number of ketones is 1. The van der Waals surface area contributed by atoms with Gasteiger partial charge in [-0.1, -0.05) is 66.9 Å². The predicted molar refractivity (Wildman–Crippen MR) is 129 cm³/mol. The van der Waals surface area contributed by atoms with E-state index in [1.165, 1.54) is 44.9 Å². The monoisotopic (exact) mass is 428 g/mol. The number of aliphatic hydroxyl groups is 1. The van der Waals surface area contributed by atoms with Crippen molar-refractivity contribution in [1.82, 2.24) is 0 Å². The Morgan fingerprint density at radius 3 is 2.48 bits per heavy atom. The van der Waals surface area contributed by atoms with Crippen LogP contribution < -0.4 is 0 Å². The van der Waals surface area contributed by atoms with Crippen molar-refractivity contribution in [2.45, 2.75) is 105 Å². The highest BCUT2D eigenvalue weighted by Gasteiger charge is 2.64. The molecule has 4 aliphatic carbocycles. The number of aliphatic hydroxyl groups excluding tert-OH is 1. The van der Waals surface area contributed by atoms with Gasteiger partial charge in [0.2, 0.25) is 0 Å². The zero-order valence-corrected chi connectivity index (χ0v) is 21.0. The quantitative estimate of drug-likeness (QED) is 0.435. The van der Waals surface area contributed by atoms with Crippen LogP contribution in [-0.2, 0) is 4.79 Å². The summed E-state index contributed by atoms with van der Waals surface area (Å²) in [6.45, 7) is 16.1. The third kappa shape index (κ3) is 3.72. The summed E-state index contributed by atoms with van der Waals surface area (Å²) in [5, 5.41) is 10.5. The zero-order chi connectivity index (χ0) is 22.6. The van der Waals surface area contributed by atoms with Crippen molar-refractivity contribution >= 4 is 5.78 Å². The predicted octanol–water partition coefficient (Wildman–Crippen LogP) is 7.97. The highest BCUT2D eigenvalue weighted by atomic mass is 16.3. The molecule has 4 fully saturated rings. The lowest BCUT2D eigenvalue weighted by atomic mass is 9.42. The first kappa shape index (κ1) is 23.4. The van der Waals surface area contributed by atoms with Crippen molar-refractivity contribution in [3.05, 3.63) is 12.3 Å². The van der Waals surface area contributed by atoms with E-state index in [1.54, 1.807) is 0 Å². The van der Waals surface area contributed by atoms with Gasteiger partial charge < -0.3 is 5.11 Å². The van der Waals surface area contributed by atoms with E-state index < -0.39 is 0 Å². The van der Waals surface area contributed by atoms with E-state index in [-0.39, 0.29) is 17.3 Å². The van der Waals surface area contributed by atoms with Crippen molar-refractivity contribution in [1.29, 1.82) is 0 Å². The Bertz CT molecular complexity index is 687. The van der Waals surface area contributed by atoms with Crippen LogP contribution >= 0.6 is 0 Å². The third-order valence-electron chi connectivity index (χ3n) is 11.2. The van der Waals surface area contributed by atoms with Gasteiger partial charge in [0.25, 0.3) is 0 Å². The lowest BCUT2D eigenvalue weighted by molar-refractivity contribution is -0.163. The zero-order valence-electron chi connectivity index (χ0n) is 21.0. The number of rotatable bonds is 6. The van der Waals surface area contributed by atoms with Crippen LogP contribution in [0, 0.1) is 58.2 Å². The molecular weight excluding hydrogens is 380 g/mol. The molecule has 0 aromatic heterocycles. The molecule has 4 aliphatic rings. The Morgan fingerprint density at radius 2 is 1.81 bits per heavy atom. The van der Waals surface area contributed by atoms with Crippen molar-refractivity contribution < 1.29 is 9.90 Å². The fraction of sp³-hybridized carbons (Fsp3) is 0.897. The van der Waals surface area contributed by atoms with Crippen molar-refractivity contribution in [3.63, 3.8) is 0 Å². The van der Waals surface area contributed by atoms with Gasteiger partial charge in [-0.3, -0.25) is 4.79 Å². The second-order valence-corrected chi connectivity index (χ2v) is 13.0. The molecule has 0 amide bonds. The molecule has 4 saturated carbocycles. The molecule has 0 spiro atoms. The van der Waals surface area contributed by atoms with Gasteiger partial charge in [-0.15, -0.1) is 0 Å². The van der Waals surface area contributed by atoms with Gasteiger partial charge in [0.05, 0.1) is 5.76 Å². The first-order chi connectivity index (χ1) is 14.6. The Labute approximate surface area is 191 Å². The topological polar surface area (TPSA) is 37.3 Å². The van der Waals surface area contributed by atoms with E-state index in [4.69, 9.17) is 0 Å². The molecule has 31 heavy (non-hydrogen) atoms. The lowest BCUT2D eigenvalue weighted by Crippen LogP contribution is -2.59. The van der Waals surface area contributed by atoms with Crippen LogP contribution in [0.2, 0.25) is 0 Å². The Balaban J connectivity index is 1.57. The molecule has 0 aromatic carbocycles. The molecule has 176 valence electrons. The van der Waals surface area contributed by atoms with E-state index in [2.05, 4.69) is 41.2 Å². The number of hydrogen-bond donors (Lipinski definition) is 1. The van der Waals surface area contributed by atoms with Crippen LogP contribution in [0.15, 0.2) is 12.3 Å². The number of Topliss-reactive ketones (excluding diaryl/α,β-unsaturated/α-hetero) is 1. The fourth-order valence-electron chi connectivity index (χ4n) is 9.68. The summed E-state index contributed by atoms with van der Waals surface area (Å²) in [6, 6.07) is 0. The van der Waals surface area contributed by atoms with Crippen LogP contribution in [0.3, 0.4) is 0 Å². The Hall–Kier alpha value is -0.790. The van der Waals surface area contributed by atoms with Gasteiger partial charge in [0.1, 0.15) is 5.78 Å². The molecule has 2 nitrogen and oxygen atoms in total. The Kier molecular flexibility index (Phi) is 6.43. The van der Waals surface area contributed by atoms with Gasteiger partial charge in [-0.2, -0.15) is 0 Å². The van der Waals surface area contributed by atoms with Gasteiger partial charge in [0, 0.05) is 18.3 Å². The normalized spacial score (nSPS) is 45.7. The molecule has 0 bridgehead atoms. The molecule has 0 radical (unpaired) electrons. The molecular formula is C29H48O2. The summed E-state index contributed by atoms with van der Waals surface area (Å²) < 4.78 is 0. The van der Waals surface area contributed by atoms with Crippen LogP contribution in [0.4, 0.5) is 0 Å². The molecule has 9 atom stereocenters. The van der Waals surface area contributed by atoms with E-state index >= 15 is 0 Å². The van der Waals surface area contributed by atoms with Gasteiger partial charge in [0.15, 0.2) is 0 Å². The molecule has 2 heteroatoms. The molecule has 2 unspecified atom stereocenters. The van der Waals surface area contributed by atoms with Gasteiger partial charge in [-0.05, 0) is 84.9 Å². The third-order valence-corrected chi connectivity index (χ3v) is 11.2. The average Bonchev–Trinajstić information content (AvgIpc) is 3.04. The fourth-order valence-corrected chi connectivity index (χ4v) is 9.68. The summed E-state index contributed by atoms with van der Waals surface area (Å²) in [7, 11) is 0. The highest BCUT2D eigenvalue weighted by Crippen LogP contribution is 2.69. The van der Waals surface area contributed by atoms with Crippen LogP contribution in [0.25, 0.3) is 0 Å². The molecule has 0 aromatic rings. The van der Waals surface area contributed by atoms with Gasteiger partial charge >= 0.3 is 0 Å². The van der Waals surface area contributed by atoms with Crippen LogP contribution in [-0.4, -0.2) is 10.9 Å². The first-order valence-corrected chi connectivity index (χ1v) is 13.5.